The van der Waals surface area contributed by atoms with Gasteiger partial charge in [0, 0.05) is 31.8 Å². The Hall–Kier alpha value is -2.62. The summed E-state index contributed by atoms with van der Waals surface area (Å²) in [5.41, 5.74) is 3.09. The smallest absolute Gasteiger partial charge is 0.301 e. The predicted molar refractivity (Wildman–Crippen MR) is 131 cm³/mol. The third kappa shape index (κ3) is 5.37. The van der Waals surface area contributed by atoms with Crippen LogP contribution >= 0.6 is 0 Å². The van der Waals surface area contributed by atoms with E-state index in [0.29, 0.717) is 49.1 Å². The van der Waals surface area contributed by atoms with E-state index in [0.717, 1.165) is 17.5 Å². The van der Waals surface area contributed by atoms with Gasteiger partial charge < -0.3 is 14.4 Å². The number of nitrogens with zero attached hydrogens (tertiary/aromatic N) is 2. The Balaban J connectivity index is 1.45. The Kier molecular flexibility index (Phi) is 7.16. The number of benzene rings is 2. The van der Waals surface area contributed by atoms with Crippen LogP contribution in [-0.4, -0.2) is 69.0 Å². The summed E-state index contributed by atoms with van der Waals surface area (Å²) in [6.07, 6.45) is 0.201. The van der Waals surface area contributed by atoms with Crippen LogP contribution in [0.5, 0.6) is 5.75 Å². The van der Waals surface area contributed by atoms with E-state index in [1.54, 1.807) is 36.3 Å². The summed E-state index contributed by atoms with van der Waals surface area (Å²) in [6.45, 7) is 7.79. The lowest BCUT2D eigenvalue weighted by Gasteiger charge is -2.20. The van der Waals surface area contributed by atoms with Gasteiger partial charge in [-0.1, -0.05) is 30.7 Å². The first-order valence-electron chi connectivity index (χ1n) is 11.6. The van der Waals surface area contributed by atoms with Crippen LogP contribution in [0.3, 0.4) is 0 Å². The first-order chi connectivity index (χ1) is 16.2. The Morgan fingerprint density at radius 1 is 1.06 bits per heavy atom. The van der Waals surface area contributed by atoms with Crippen molar-refractivity contribution in [3.8, 4) is 5.75 Å². The van der Waals surface area contributed by atoms with Crippen LogP contribution < -0.4 is 9.46 Å². The number of hydrogen-bond acceptors (Lipinski definition) is 5. The molecule has 1 N–H and O–H groups in total. The van der Waals surface area contributed by atoms with Crippen LogP contribution in [0, 0.1) is 19.8 Å². The average Bonchev–Trinajstić information content (AvgIpc) is 3.41. The number of anilines is 1. The van der Waals surface area contributed by atoms with Crippen LogP contribution in [0.4, 0.5) is 5.69 Å². The van der Waals surface area contributed by atoms with Gasteiger partial charge >= 0.3 is 10.2 Å². The molecule has 3 unspecified atom stereocenters. The molecule has 2 saturated heterocycles. The summed E-state index contributed by atoms with van der Waals surface area (Å²) in [6, 6.07) is 12.7. The van der Waals surface area contributed by atoms with Gasteiger partial charge in [-0.25, -0.2) is 0 Å². The second-order valence-electron chi connectivity index (χ2n) is 9.35. The number of methoxy groups -OCH3 is 1. The van der Waals surface area contributed by atoms with E-state index in [1.807, 2.05) is 39.0 Å². The van der Waals surface area contributed by atoms with Gasteiger partial charge in [0.15, 0.2) is 0 Å². The van der Waals surface area contributed by atoms with Gasteiger partial charge in [0.1, 0.15) is 18.0 Å². The van der Waals surface area contributed by atoms with Crippen molar-refractivity contribution in [2.45, 2.75) is 39.4 Å². The lowest BCUT2D eigenvalue weighted by atomic mass is 10.0. The molecule has 2 fully saturated rings. The lowest BCUT2D eigenvalue weighted by molar-refractivity contribution is 0.0340. The van der Waals surface area contributed by atoms with Crippen LogP contribution in [0.2, 0.25) is 0 Å². The van der Waals surface area contributed by atoms with Crippen LogP contribution in [0.1, 0.15) is 34.8 Å². The minimum atomic E-state index is -3.61. The fourth-order valence-corrected chi connectivity index (χ4v) is 5.87. The number of ether oxygens (including phenoxy) is 2. The van der Waals surface area contributed by atoms with Crippen molar-refractivity contribution in [2.24, 2.45) is 5.92 Å². The molecule has 2 aliphatic rings. The summed E-state index contributed by atoms with van der Waals surface area (Å²) in [7, 11) is -2.01. The summed E-state index contributed by atoms with van der Waals surface area (Å²) < 4.78 is 41.4. The molecule has 0 radical (unpaired) electrons. The lowest BCUT2D eigenvalue weighted by Crippen LogP contribution is -2.34. The molecule has 2 aromatic carbocycles. The highest BCUT2D eigenvalue weighted by atomic mass is 32.2. The van der Waals surface area contributed by atoms with Crippen molar-refractivity contribution < 1.29 is 22.7 Å². The molecule has 4 rings (SSSR count). The van der Waals surface area contributed by atoms with E-state index >= 15 is 0 Å². The minimum Gasteiger partial charge on any atom is -0.486 e. The van der Waals surface area contributed by atoms with Crippen LogP contribution in [0.15, 0.2) is 42.5 Å². The molecule has 34 heavy (non-hydrogen) atoms. The van der Waals surface area contributed by atoms with E-state index in [2.05, 4.69) is 4.72 Å². The third-order valence-electron chi connectivity index (χ3n) is 6.52. The number of amides is 1. The molecule has 2 aromatic rings. The molecule has 9 heteroatoms. The second kappa shape index (κ2) is 9.93. The summed E-state index contributed by atoms with van der Waals surface area (Å²) >= 11 is 0. The highest BCUT2D eigenvalue weighted by molar-refractivity contribution is 7.90. The van der Waals surface area contributed by atoms with Crippen LogP contribution in [0.25, 0.3) is 0 Å². The van der Waals surface area contributed by atoms with Gasteiger partial charge in [0.2, 0.25) is 0 Å². The quantitative estimate of drug-likeness (QED) is 0.648. The van der Waals surface area contributed by atoms with Crippen molar-refractivity contribution in [3.63, 3.8) is 0 Å². The second-order valence-corrected chi connectivity index (χ2v) is 11.0. The molecule has 0 aliphatic carbocycles. The maximum atomic E-state index is 13.2. The highest BCUT2D eigenvalue weighted by Gasteiger charge is 2.38. The molecular weight excluding hydrogens is 454 g/mol. The number of likely N-dealkylation sites (tertiary alicyclic amines) is 1. The molecule has 1 amide bonds. The highest BCUT2D eigenvalue weighted by Crippen LogP contribution is 2.26. The van der Waals surface area contributed by atoms with Crippen molar-refractivity contribution in [2.75, 3.05) is 38.0 Å². The summed E-state index contributed by atoms with van der Waals surface area (Å²) in [5, 5.41) is 0. The van der Waals surface area contributed by atoms with E-state index in [1.165, 1.54) is 4.31 Å². The summed E-state index contributed by atoms with van der Waals surface area (Å²) in [4.78, 5) is 14.9. The molecule has 2 heterocycles. The van der Waals surface area contributed by atoms with Crippen LogP contribution in [-0.2, 0) is 14.9 Å². The Morgan fingerprint density at radius 2 is 1.82 bits per heavy atom. The zero-order chi connectivity index (χ0) is 24.5. The van der Waals surface area contributed by atoms with Crippen molar-refractivity contribution in [3.05, 3.63) is 59.2 Å². The molecule has 2 aliphatic heterocycles. The first kappa shape index (κ1) is 24.5. The molecule has 0 saturated carbocycles. The maximum absolute atomic E-state index is 13.2. The zero-order valence-electron chi connectivity index (χ0n) is 20.2. The van der Waals surface area contributed by atoms with Crippen molar-refractivity contribution in [1.29, 1.82) is 0 Å². The predicted octanol–water partition coefficient (Wildman–Crippen LogP) is 3.22. The number of nitrogens with one attached hydrogen (secondary N) is 1. The topological polar surface area (TPSA) is 88.2 Å². The Morgan fingerprint density at radius 3 is 2.53 bits per heavy atom. The number of aryl methyl sites for hydroxylation is 2. The standard InChI is InChI=1S/C25H33N3O5S/c1-17-8-9-19(3)22(12-17)25(29)27-15-23(32-4)24(16-27)33-21-7-5-6-20(13-21)26-34(30,31)28-11-10-18(2)14-28/h5-9,12-13,18,23-24,26H,10-11,14-16H2,1-4H3. The maximum Gasteiger partial charge on any atom is 0.301 e. The van der Waals surface area contributed by atoms with Crippen molar-refractivity contribution >= 4 is 21.8 Å². The molecule has 8 nitrogen and oxygen atoms in total. The molecule has 3 atom stereocenters. The monoisotopic (exact) mass is 487 g/mol. The number of carbonyl (C=O) groups is 1. The van der Waals surface area contributed by atoms with Gasteiger partial charge in [-0.05, 0) is 49.9 Å². The average molecular weight is 488 g/mol. The van der Waals surface area contributed by atoms with Gasteiger partial charge in [0.05, 0.1) is 18.8 Å². The van der Waals surface area contributed by atoms with E-state index in [-0.39, 0.29) is 18.1 Å². The molecule has 0 bridgehead atoms. The fourth-order valence-electron chi connectivity index (χ4n) is 4.52. The minimum absolute atomic E-state index is 0.0456. The van der Waals surface area contributed by atoms with Gasteiger partial charge in [0.25, 0.3) is 5.91 Å². The number of carbonyl (C=O) groups excluding carboxylic acids is 1. The fraction of sp³-hybridized carbons (Fsp3) is 0.480. The third-order valence-corrected chi connectivity index (χ3v) is 8.03. The SMILES string of the molecule is COC1CN(C(=O)c2cc(C)ccc2C)CC1Oc1cccc(NS(=O)(=O)N2CCC(C)C2)c1. The van der Waals surface area contributed by atoms with Gasteiger partial charge in [-0.2, -0.15) is 12.7 Å². The van der Waals surface area contributed by atoms with E-state index < -0.39 is 10.2 Å². The largest absolute Gasteiger partial charge is 0.486 e. The Bertz CT molecular complexity index is 1150. The Labute approximate surface area is 202 Å². The van der Waals surface area contributed by atoms with E-state index in [9.17, 15) is 13.2 Å². The molecular formula is C25H33N3O5S. The zero-order valence-corrected chi connectivity index (χ0v) is 21.0. The van der Waals surface area contributed by atoms with Crippen molar-refractivity contribution in [1.82, 2.24) is 9.21 Å². The van der Waals surface area contributed by atoms with Gasteiger partial charge in [-0.3, -0.25) is 9.52 Å². The molecule has 0 aromatic heterocycles. The summed E-state index contributed by atoms with van der Waals surface area (Å²) in [5.74, 6) is 0.826. The van der Waals surface area contributed by atoms with Gasteiger partial charge in [-0.15, -0.1) is 0 Å². The molecule has 184 valence electrons. The number of rotatable bonds is 7. The first-order valence-corrected chi connectivity index (χ1v) is 13.0. The normalized spacial score (nSPS) is 23.3. The molecule has 0 spiro atoms. The van der Waals surface area contributed by atoms with E-state index in [4.69, 9.17) is 9.47 Å². The number of hydrogen-bond donors (Lipinski definition) is 1.